The van der Waals surface area contributed by atoms with Crippen LogP contribution >= 0.6 is 25.3 Å². The van der Waals surface area contributed by atoms with Gasteiger partial charge in [0.25, 0.3) is 5.69 Å². The molecule has 0 aliphatic carbocycles. The summed E-state index contributed by atoms with van der Waals surface area (Å²) in [4.78, 5) is 10.7. The number of rotatable bonds is 12. The zero-order chi connectivity index (χ0) is 29.9. The molecule has 4 N–H and O–H groups in total. The van der Waals surface area contributed by atoms with Gasteiger partial charge in [-0.15, -0.1) is 45.7 Å². The van der Waals surface area contributed by atoms with E-state index in [4.69, 9.17) is 10.5 Å². The number of benzene rings is 2. The van der Waals surface area contributed by atoms with Crippen LogP contribution < -0.4 is 16.4 Å². The van der Waals surface area contributed by atoms with Crippen molar-refractivity contribution >= 4 is 52.7 Å². The van der Waals surface area contributed by atoms with Gasteiger partial charge < -0.3 is 21.1 Å². The molecule has 1 atom stereocenters. The Balaban J connectivity index is 2.46. The lowest BCUT2D eigenvalue weighted by Crippen LogP contribution is -2.47. The first kappa shape index (κ1) is 32.9. The molecule has 0 aliphatic rings. The lowest BCUT2D eigenvalue weighted by atomic mass is 9.99. The zero-order valence-electron chi connectivity index (χ0n) is 23.6. The maximum atomic E-state index is 11.2. The van der Waals surface area contributed by atoms with Crippen LogP contribution in [0.15, 0.2) is 75.0 Å². The van der Waals surface area contributed by atoms with Gasteiger partial charge >= 0.3 is 0 Å². The fraction of sp³-hybridized carbons (Fsp3) is 0.407. The Kier molecular flexibility index (Phi) is 12.3. The van der Waals surface area contributed by atoms with Crippen LogP contribution in [0.5, 0.6) is 0 Å². The molecular formula is C27H38N8O3S2. The van der Waals surface area contributed by atoms with Gasteiger partial charge in [0.1, 0.15) is 17.1 Å². The van der Waals surface area contributed by atoms with E-state index in [1.165, 1.54) is 12.1 Å². The number of non-ortho nitro benzene ring substituents is 1. The Bertz CT molecular complexity index is 1260. The van der Waals surface area contributed by atoms with Gasteiger partial charge in [0.15, 0.2) is 10.3 Å². The molecule has 0 fully saturated rings. The molecule has 40 heavy (non-hydrogen) atoms. The molecule has 216 valence electrons. The maximum Gasteiger partial charge on any atom is 0.269 e. The molecule has 2 aromatic rings. The van der Waals surface area contributed by atoms with E-state index in [-0.39, 0.29) is 21.9 Å². The Morgan fingerprint density at radius 1 is 0.950 bits per heavy atom. The average Bonchev–Trinajstić information content (AvgIpc) is 2.90. The summed E-state index contributed by atoms with van der Waals surface area (Å²) in [6.07, 6.45) is 0.639. The Morgan fingerprint density at radius 2 is 1.48 bits per heavy atom. The van der Waals surface area contributed by atoms with E-state index in [0.717, 1.165) is 0 Å². The first-order valence-corrected chi connectivity index (χ1v) is 13.5. The van der Waals surface area contributed by atoms with Crippen LogP contribution in [0, 0.1) is 16.0 Å². The van der Waals surface area contributed by atoms with Gasteiger partial charge in [-0.2, -0.15) is 0 Å². The molecule has 0 radical (unpaired) electrons. The van der Waals surface area contributed by atoms with Crippen LogP contribution in [-0.2, 0) is 4.74 Å². The maximum absolute atomic E-state index is 11.2. The van der Waals surface area contributed by atoms with Crippen molar-refractivity contribution in [1.82, 2.24) is 10.6 Å². The highest BCUT2D eigenvalue weighted by Crippen LogP contribution is 2.19. The van der Waals surface area contributed by atoms with E-state index < -0.39 is 16.2 Å². The minimum absolute atomic E-state index is 0.0515. The predicted molar refractivity (Wildman–Crippen MR) is 170 cm³/mol. The van der Waals surface area contributed by atoms with E-state index >= 15 is 0 Å². The normalized spacial score (nSPS) is 15.2. The lowest BCUT2D eigenvalue weighted by Gasteiger charge is -2.32. The number of hydrogen-bond donors (Lipinski definition) is 5. The smallest absolute Gasteiger partial charge is 0.269 e. The number of nitro benzene ring substituents is 1. The summed E-state index contributed by atoms with van der Waals surface area (Å²) in [5, 5.41) is 35.1. The van der Waals surface area contributed by atoms with Crippen molar-refractivity contribution < 1.29 is 9.66 Å². The van der Waals surface area contributed by atoms with Crippen molar-refractivity contribution in [3.8, 4) is 0 Å². The second-order valence-electron chi connectivity index (χ2n) is 10.1. The number of nitrogens with two attached hydrogens (primary N) is 1. The minimum atomic E-state index is -0.723. The molecule has 0 aromatic heterocycles. The molecule has 1 unspecified atom stereocenters. The van der Waals surface area contributed by atoms with Crippen LogP contribution in [-0.4, -0.2) is 51.6 Å². The highest BCUT2D eigenvalue weighted by Gasteiger charge is 2.26. The number of hydrogen-bond acceptors (Lipinski definition) is 8. The average molecular weight is 587 g/mol. The fourth-order valence-corrected chi connectivity index (χ4v) is 3.54. The van der Waals surface area contributed by atoms with Gasteiger partial charge in [-0.25, -0.2) is 0 Å². The van der Waals surface area contributed by atoms with E-state index in [9.17, 15) is 10.1 Å². The van der Waals surface area contributed by atoms with Crippen LogP contribution in [0.4, 0.5) is 5.69 Å². The predicted octanol–water partition coefficient (Wildman–Crippen LogP) is 4.60. The third kappa shape index (κ3) is 10.4. The lowest BCUT2D eigenvalue weighted by molar-refractivity contribution is -0.384. The Labute approximate surface area is 246 Å². The van der Waals surface area contributed by atoms with E-state index in [1.54, 1.807) is 19.2 Å². The minimum Gasteiger partial charge on any atom is -0.366 e. The van der Waals surface area contributed by atoms with Crippen molar-refractivity contribution in [1.29, 1.82) is 0 Å². The first-order chi connectivity index (χ1) is 18.8. The van der Waals surface area contributed by atoms with Crippen LogP contribution in [0.2, 0.25) is 0 Å². The summed E-state index contributed by atoms with van der Waals surface area (Å²) >= 11 is 8.75. The van der Waals surface area contributed by atoms with Crippen molar-refractivity contribution in [3.63, 3.8) is 0 Å². The number of thiol groups is 2. The quantitative estimate of drug-likeness (QED) is 0.0612. The molecule has 0 bridgehead atoms. The zero-order valence-corrected chi connectivity index (χ0v) is 25.4. The monoisotopic (exact) mass is 586 g/mol. The molecule has 2 rings (SSSR count). The van der Waals surface area contributed by atoms with E-state index in [1.807, 2.05) is 65.0 Å². The van der Waals surface area contributed by atoms with Crippen LogP contribution in [0.1, 0.15) is 52.2 Å². The molecule has 2 aromatic carbocycles. The van der Waals surface area contributed by atoms with Gasteiger partial charge in [0.05, 0.1) is 11.5 Å². The third-order valence-corrected chi connectivity index (χ3v) is 6.59. The standard InChI is InChI=1S/C27H38N8O3S2/c1-18(2)27(5,28)38-17-16-26(3,4)30-25(40)34-32-22(19-10-8-7-9-11-19)23(31-33-24(39)29-6)20-12-14-21(15-13-20)35(36)37/h7-15,18H,16-17,28H2,1-6H3,(H2,29,33,39)(H2,30,34,40)/b31-23+,32-22+. The molecule has 0 saturated heterocycles. The number of ether oxygens (including phenoxy) is 1. The number of nitrogens with one attached hydrogen (secondary N) is 2. The molecular weight excluding hydrogens is 548 g/mol. The summed E-state index contributed by atoms with van der Waals surface area (Å²) in [7, 11) is 1.66. The topological polar surface area (TPSA) is 152 Å². The Hall–Kier alpha value is -3.26. The summed E-state index contributed by atoms with van der Waals surface area (Å²) < 4.78 is 5.89. The number of amidine groups is 2. The molecule has 0 amide bonds. The molecule has 11 nitrogen and oxygen atoms in total. The highest BCUT2D eigenvalue weighted by molar-refractivity contribution is 7.97. The van der Waals surface area contributed by atoms with Crippen LogP contribution in [0.3, 0.4) is 0 Å². The van der Waals surface area contributed by atoms with Gasteiger partial charge in [-0.1, -0.05) is 44.2 Å². The molecule has 0 spiro atoms. The van der Waals surface area contributed by atoms with Crippen molar-refractivity contribution in [3.05, 3.63) is 75.8 Å². The molecule has 0 aliphatic heterocycles. The molecule has 13 heteroatoms. The molecule has 0 saturated carbocycles. The van der Waals surface area contributed by atoms with Gasteiger partial charge in [0, 0.05) is 35.8 Å². The summed E-state index contributed by atoms with van der Waals surface area (Å²) in [5.41, 5.74) is 6.97. The summed E-state index contributed by atoms with van der Waals surface area (Å²) in [6.45, 7) is 10.3. The number of nitro groups is 1. The van der Waals surface area contributed by atoms with Crippen molar-refractivity contribution in [2.75, 3.05) is 13.7 Å². The summed E-state index contributed by atoms with van der Waals surface area (Å²) in [5.74, 6) is 0.166. The van der Waals surface area contributed by atoms with Gasteiger partial charge in [-0.05, 0) is 45.2 Å². The second-order valence-corrected chi connectivity index (χ2v) is 11.0. The SMILES string of the molecule is CN/C(S)=N/N=C(/C(=N/N=C(\S)NC(C)(C)CCOC(C)(N)C(C)C)c1ccccc1)c1ccc([N+](=O)[O-])cc1. The fourth-order valence-electron chi connectivity index (χ4n) is 3.15. The Morgan fingerprint density at radius 3 is 1.98 bits per heavy atom. The van der Waals surface area contributed by atoms with E-state index in [2.05, 4.69) is 56.3 Å². The van der Waals surface area contributed by atoms with Crippen molar-refractivity contribution in [2.24, 2.45) is 32.1 Å². The second kappa shape index (κ2) is 14.9. The van der Waals surface area contributed by atoms with Crippen LogP contribution in [0.25, 0.3) is 0 Å². The van der Waals surface area contributed by atoms with Gasteiger partial charge in [0.2, 0.25) is 0 Å². The number of nitrogens with zero attached hydrogens (tertiary/aromatic N) is 5. The van der Waals surface area contributed by atoms with E-state index in [0.29, 0.717) is 35.6 Å². The first-order valence-electron chi connectivity index (χ1n) is 12.6. The largest absolute Gasteiger partial charge is 0.366 e. The summed E-state index contributed by atoms with van der Waals surface area (Å²) in [6, 6.07) is 15.2. The third-order valence-electron chi connectivity index (χ3n) is 6.07. The highest BCUT2D eigenvalue weighted by atomic mass is 32.1. The van der Waals surface area contributed by atoms with Gasteiger partial charge in [-0.3, -0.25) is 10.1 Å². The van der Waals surface area contributed by atoms with Crippen molar-refractivity contribution in [2.45, 2.75) is 52.3 Å². The molecule has 0 heterocycles.